The van der Waals surface area contributed by atoms with Crippen molar-refractivity contribution in [1.82, 2.24) is 10.2 Å². The molecule has 8 heteroatoms. The molecule has 104 valence electrons. The lowest BCUT2D eigenvalue weighted by atomic mass is 10.3. The van der Waals surface area contributed by atoms with Crippen LogP contribution in [-0.2, 0) is 9.53 Å². The first-order valence-electron chi connectivity index (χ1n) is 5.29. The summed E-state index contributed by atoms with van der Waals surface area (Å²) < 4.78 is 30.9. The third kappa shape index (κ3) is 3.76. The fourth-order valence-electron chi connectivity index (χ4n) is 1.35. The molecule has 1 aliphatic rings. The normalized spacial score (nSPS) is 19.9. The Labute approximate surface area is 113 Å². The molecule has 1 rings (SSSR count). The maximum atomic E-state index is 13.2. The molecular formula is C10H16F2N2O2S2. The third-order valence-corrected chi connectivity index (χ3v) is 4.72. The van der Waals surface area contributed by atoms with Crippen molar-refractivity contribution in [2.75, 3.05) is 26.5 Å². The van der Waals surface area contributed by atoms with Crippen molar-refractivity contribution < 1.29 is 18.3 Å². The van der Waals surface area contributed by atoms with Crippen molar-refractivity contribution in [2.24, 2.45) is 0 Å². The van der Waals surface area contributed by atoms with E-state index in [4.69, 9.17) is 0 Å². The molecule has 0 bridgehead atoms. The Bertz CT molecular complexity index is 340. The number of ether oxygens (including phenoxy) is 1. The van der Waals surface area contributed by atoms with E-state index in [9.17, 15) is 13.6 Å². The lowest BCUT2D eigenvalue weighted by Gasteiger charge is -2.20. The summed E-state index contributed by atoms with van der Waals surface area (Å²) in [5.41, 5.74) is 0. The van der Waals surface area contributed by atoms with Crippen LogP contribution in [0.2, 0.25) is 0 Å². The van der Waals surface area contributed by atoms with Gasteiger partial charge in [0.2, 0.25) is 0 Å². The number of nitrogens with one attached hydrogen (secondary N) is 1. The van der Waals surface area contributed by atoms with Crippen LogP contribution in [0.15, 0.2) is 11.2 Å². The summed E-state index contributed by atoms with van der Waals surface area (Å²) in [5.74, 6) is -4.84. The van der Waals surface area contributed by atoms with Crippen molar-refractivity contribution in [3.8, 4) is 0 Å². The number of hydrogen-bond donors (Lipinski definition) is 1. The lowest BCUT2D eigenvalue weighted by molar-refractivity contribution is -0.151. The predicted molar refractivity (Wildman–Crippen MR) is 70.3 cm³/mol. The van der Waals surface area contributed by atoms with E-state index < -0.39 is 18.4 Å². The Morgan fingerprint density at radius 1 is 1.72 bits per heavy atom. The first-order chi connectivity index (χ1) is 8.44. The van der Waals surface area contributed by atoms with Gasteiger partial charge in [0.15, 0.2) is 0 Å². The van der Waals surface area contributed by atoms with Crippen LogP contribution in [0.3, 0.4) is 0 Å². The summed E-state index contributed by atoms with van der Waals surface area (Å²) in [7, 11) is 1.13. The molecule has 0 aliphatic carbocycles. The minimum absolute atomic E-state index is 0.112. The summed E-state index contributed by atoms with van der Waals surface area (Å²) in [4.78, 5) is 13.4. The first kappa shape index (κ1) is 15.6. The number of carbonyl (C=O) groups excluding carboxylic acids is 1. The fraction of sp³-hybridized carbons (Fsp3) is 0.700. The summed E-state index contributed by atoms with van der Waals surface area (Å²) in [6, 6.07) is 0. The van der Waals surface area contributed by atoms with Crippen molar-refractivity contribution in [3.05, 3.63) is 11.2 Å². The SMILES string of the molecule is CCN1C=C(NC(=O)C(F)(F)COC)SC1SC. The standard InChI is InChI=1S/C10H16F2N2O2S2/c1-4-14-5-7(18-9(14)17-3)13-8(15)10(11,12)6-16-2/h5,9H,4,6H2,1-3H3,(H,13,15). The predicted octanol–water partition coefficient (Wildman–Crippen LogP) is 1.90. The Balaban J connectivity index is 2.61. The Morgan fingerprint density at radius 3 is 2.83 bits per heavy atom. The highest BCUT2D eigenvalue weighted by Gasteiger charge is 2.40. The molecule has 1 aliphatic heterocycles. The van der Waals surface area contributed by atoms with Crippen LogP contribution in [0.25, 0.3) is 0 Å². The van der Waals surface area contributed by atoms with Gasteiger partial charge in [-0.2, -0.15) is 8.78 Å². The zero-order valence-electron chi connectivity index (χ0n) is 10.4. The van der Waals surface area contributed by atoms with Crippen LogP contribution in [0.4, 0.5) is 8.78 Å². The van der Waals surface area contributed by atoms with Gasteiger partial charge >= 0.3 is 5.92 Å². The largest absolute Gasteiger partial charge is 0.378 e. The zero-order valence-corrected chi connectivity index (χ0v) is 12.0. The Hall–Kier alpha value is -0.470. The number of amides is 1. The second-order valence-corrected chi connectivity index (χ2v) is 5.91. The summed E-state index contributed by atoms with van der Waals surface area (Å²) >= 11 is 2.94. The van der Waals surface area contributed by atoms with E-state index >= 15 is 0 Å². The summed E-state index contributed by atoms with van der Waals surface area (Å²) in [6.07, 6.45) is 3.62. The molecule has 1 amide bonds. The molecule has 0 fully saturated rings. The smallest absolute Gasteiger partial charge is 0.347 e. The third-order valence-electron chi connectivity index (χ3n) is 2.24. The number of methoxy groups -OCH3 is 1. The number of halogens is 2. The highest BCUT2D eigenvalue weighted by Crippen LogP contribution is 2.36. The monoisotopic (exact) mass is 298 g/mol. The number of carbonyl (C=O) groups is 1. The van der Waals surface area contributed by atoms with E-state index in [2.05, 4.69) is 10.1 Å². The maximum absolute atomic E-state index is 13.2. The van der Waals surface area contributed by atoms with Gasteiger partial charge in [0.25, 0.3) is 5.91 Å². The molecule has 0 saturated heterocycles. The van der Waals surface area contributed by atoms with Gasteiger partial charge in [-0.3, -0.25) is 4.79 Å². The van der Waals surface area contributed by atoms with E-state index in [1.165, 1.54) is 11.8 Å². The van der Waals surface area contributed by atoms with Crippen molar-refractivity contribution >= 4 is 29.4 Å². The maximum Gasteiger partial charge on any atom is 0.347 e. The van der Waals surface area contributed by atoms with E-state index in [1.54, 1.807) is 18.0 Å². The quantitative estimate of drug-likeness (QED) is 0.811. The summed E-state index contributed by atoms with van der Waals surface area (Å²) in [5, 5.41) is 2.67. The second kappa shape index (κ2) is 6.63. The highest BCUT2D eigenvalue weighted by molar-refractivity contribution is 8.18. The van der Waals surface area contributed by atoms with Gasteiger partial charge in [0.1, 0.15) is 11.3 Å². The van der Waals surface area contributed by atoms with Gasteiger partial charge in [-0.05, 0) is 13.2 Å². The number of hydrogen-bond acceptors (Lipinski definition) is 5. The Morgan fingerprint density at radius 2 is 2.39 bits per heavy atom. The summed E-state index contributed by atoms with van der Waals surface area (Å²) in [6.45, 7) is 1.80. The van der Waals surface area contributed by atoms with Crippen molar-refractivity contribution in [2.45, 2.75) is 17.6 Å². The van der Waals surface area contributed by atoms with Gasteiger partial charge in [-0.15, -0.1) is 11.8 Å². The lowest BCUT2D eigenvalue weighted by Crippen LogP contribution is -2.42. The molecule has 4 nitrogen and oxygen atoms in total. The topological polar surface area (TPSA) is 41.6 Å². The van der Waals surface area contributed by atoms with Gasteiger partial charge in [0, 0.05) is 19.9 Å². The molecule has 1 unspecified atom stereocenters. The minimum atomic E-state index is -3.51. The van der Waals surface area contributed by atoms with Gasteiger partial charge in [-0.1, -0.05) is 11.8 Å². The second-order valence-electron chi connectivity index (χ2n) is 3.58. The number of nitrogens with zero attached hydrogens (tertiary/aromatic N) is 1. The molecule has 1 atom stereocenters. The zero-order chi connectivity index (χ0) is 13.8. The van der Waals surface area contributed by atoms with Crippen LogP contribution in [0.5, 0.6) is 0 Å². The Kier molecular flexibility index (Phi) is 5.74. The molecule has 0 spiro atoms. The number of thioether (sulfide) groups is 2. The highest BCUT2D eigenvalue weighted by atomic mass is 32.2. The molecule has 0 aromatic rings. The van der Waals surface area contributed by atoms with Crippen molar-refractivity contribution in [1.29, 1.82) is 0 Å². The average Bonchev–Trinajstić information content (AvgIpc) is 2.71. The molecule has 0 radical (unpaired) electrons. The minimum Gasteiger partial charge on any atom is -0.378 e. The molecule has 1 heterocycles. The molecule has 1 N–H and O–H groups in total. The van der Waals surface area contributed by atoms with Crippen LogP contribution in [0.1, 0.15) is 6.92 Å². The van der Waals surface area contributed by atoms with Crippen molar-refractivity contribution in [3.63, 3.8) is 0 Å². The van der Waals surface area contributed by atoms with Crippen LogP contribution < -0.4 is 5.32 Å². The van der Waals surface area contributed by atoms with Crippen LogP contribution >= 0.6 is 23.5 Å². The molecule has 0 aromatic heterocycles. The van der Waals surface area contributed by atoms with E-state index in [1.807, 2.05) is 18.1 Å². The fourth-order valence-corrected chi connectivity index (χ4v) is 3.44. The van der Waals surface area contributed by atoms with Gasteiger partial charge < -0.3 is 15.0 Å². The molecular weight excluding hydrogens is 282 g/mol. The average molecular weight is 298 g/mol. The van der Waals surface area contributed by atoms with Crippen LogP contribution in [-0.4, -0.2) is 48.0 Å². The van der Waals surface area contributed by atoms with Gasteiger partial charge in [-0.25, -0.2) is 0 Å². The molecule has 0 aromatic carbocycles. The van der Waals surface area contributed by atoms with Crippen LogP contribution in [0, 0.1) is 0 Å². The first-order valence-corrected chi connectivity index (χ1v) is 7.46. The van der Waals surface area contributed by atoms with E-state index in [0.29, 0.717) is 5.03 Å². The number of rotatable bonds is 6. The van der Waals surface area contributed by atoms with Gasteiger partial charge in [0.05, 0.1) is 5.03 Å². The van der Waals surface area contributed by atoms with E-state index in [-0.39, 0.29) is 4.71 Å². The molecule has 18 heavy (non-hydrogen) atoms. The number of alkyl halides is 2. The van der Waals surface area contributed by atoms with E-state index in [0.717, 1.165) is 13.7 Å². The molecule has 0 saturated carbocycles.